The van der Waals surface area contributed by atoms with Crippen molar-refractivity contribution in [1.82, 2.24) is 15.3 Å². The molecule has 5 heteroatoms. The summed E-state index contributed by atoms with van der Waals surface area (Å²) in [5.74, 6) is 0.712. The van der Waals surface area contributed by atoms with Crippen LogP contribution in [0.4, 0.5) is 5.69 Å². The number of anilines is 1. The van der Waals surface area contributed by atoms with Gasteiger partial charge in [-0.05, 0) is 7.05 Å². The standard InChI is InChI=1S/C8H10N4O/c1-9-4-7-10-3-6-5(11-7)2-8(13)12-6/h3,9H,2,4H2,1H3,(H,12,13). The number of rotatable bonds is 2. The molecule has 1 aromatic heterocycles. The van der Waals surface area contributed by atoms with Gasteiger partial charge in [-0.15, -0.1) is 0 Å². The SMILES string of the molecule is CNCc1ncc2c(n1)CC(=O)N2. The number of nitrogens with zero attached hydrogens (tertiary/aromatic N) is 2. The number of carbonyl (C=O) groups is 1. The van der Waals surface area contributed by atoms with Gasteiger partial charge in [0, 0.05) is 0 Å². The predicted octanol–water partition coefficient (Wildman–Crippen LogP) is -0.309. The fourth-order valence-corrected chi connectivity index (χ4v) is 1.29. The molecule has 0 aromatic carbocycles. The Bertz CT molecular complexity index is 350. The number of fused-ring (bicyclic) bond motifs is 1. The fraction of sp³-hybridized carbons (Fsp3) is 0.375. The molecular weight excluding hydrogens is 168 g/mol. The average Bonchev–Trinajstić information content (AvgIpc) is 2.44. The molecule has 0 bridgehead atoms. The van der Waals surface area contributed by atoms with Crippen LogP contribution in [0.15, 0.2) is 6.20 Å². The Morgan fingerprint density at radius 2 is 2.54 bits per heavy atom. The average molecular weight is 178 g/mol. The molecule has 1 aromatic rings. The summed E-state index contributed by atoms with van der Waals surface area (Å²) in [6.45, 7) is 0.626. The quantitative estimate of drug-likeness (QED) is 0.652. The summed E-state index contributed by atoms with van der Waals surface area (Å²) in [5, 5.41) is 5.64. The molecule has 0 spiro atoms. The zero-order valence-electron chi connectivity index (χ0n) is 7.29. The van der Waals surface area contributed by atoms with Crippen molar-refractivity contribution in [3.8, 4) is 0 Å². The van der Waals surface area contributed by atoms with Gasteiger partial charge in [-0.25, -0.2) is 9.97 Å². The van der Waals surface area contributed by atoms with Crippen LogP contribution in [0, 0.1) is 0 Å². The number of nitrogens with one attached hydrogen (secondary N) is 2. The van der Waals surface area contributed by atoms with Crippen molar-refractivity contribution in [1.29, 1.82) is 0 Å². The largest absolute Gasteiger partial charge is 0.323 e. The second-order valence-electron chi connectivity index (χ2n) is 2.90. The topological polar surface area (TPSA) is 66.9 Å². The summed E-state index contributed by atoms with van der Waals surface area (Å²) in [6, 6.07) is 0. The summed E-state index contributed by atoms with van der Waals surface area (Å²) >= 11 is 0. The number of hydrogen-bond donors (Lipinski definition) is 2. The second kappa shape index (κ2) is 3.10. The van der Waals surface area contributed by atoms with Gasteiger partial charge in [-0.1, -0.05) is 0 Å². The molecule has 1 amide bonds. The van der Waals surface area contributed by atoms with Gasteiger partial charge in [0.05, 0.1) is 30.5 Å². The second-order valence-corrected chi connectivity index (χ2v) is 2.90. The minimum absolute atomic E-state index is 0.00842. The maximum Gasteiger partial charge on any atom is 0.230 e. The third-order valence-corrected chi connectivity index (χ3v) is 1.85. The molecule has 2 heterocycles. The van der Waals surface area contributed by atoms with Crippen LogP contribution in [-0.4, -0.2) is 22.9 Å². The van der Waals surface area contributed by atoms with Crippen LogP contribution in [0.25, 0.3) is 0 Å². The Morgan fingerprint density at radius 3 is 3.31 bits per heavy atom. The molecule has 0 radical (unpaired) electrons. The van der Waals surface area contributed by atoms with Crippen LogP contribution in [0.3, 0.4) is 0 Å². The lowest BCUT2D eigenvalue weighted by Gasteiger charge is -2.00. The van der Waals surface area contributed by atoms with Gasteiger partial charge in [-0.2, -0.15) is 0 Å². The van der Waals surface area contributed by atoms with Crippen molar-refractivity contribution in [2.45, 2.75) is 13.0 Å². The monoisotopic (exact) mass is 178 g/mol. The molecule has 0 atom stereocenters. The number of hydrogen-bond acceptors (Lipinski definition) is 4. The lowest BCUT2D eigenvalue weighted by molar-refractivity contribution is -0.115. The molecule has 0 aliphatic carbocycles. The zero-order chi connectivity index (χ0) is 9.26. The number of amides is 1. The van der Waals surface area contributed by atoms with Crippen LogP contribution in [-0.2, 0) is 17.8 Å². The molecule has 68 valence electrons. The molecular formula is C8H10N4O. The van der Waals surface area contributed by atoms with E-state index in [-0.39, 0.29) is 5.91 Å². The smallest absolute Gasteiger partial charge is 0.230 e. The van der Waals surface area contributed by atoms with Crippen molar-refractivity contribution >= 4 is 11.6 Å². The Labute approximate surface area is 75.6 Å². The Morgan fingerprint density at radius 1 is 1.69 bits per heavy atom. The summed E-state index contributed by atoms with van der Waals surface area (Å²) in [4.78, 5) is 19.3. The Kier molecular flexibility index (Phi) is 1.94. The first kappa shape index (κ1) is 8.12. The molecule has 1 aliphatic rings. The van der Waals surface area contributed by atoms with Gasteiger partial charge in [0.15, 0.2) is 0 Å². The van der Waals surface area contributed by atoms with Crippen LogP contribution < -0.4 is 10.6 Å². The molecule has 0 saturated carbocycles. The highest BCUT2D eigenvalue weighted by Crippen LogP contribution is 2.18. The van der Waals surface area contributed by atoms with E-state index in [2.05, 4.69) is 20.6 Å². The van der Waals surface area contributed by atoms with Crippen molar-refractivity contribution in [3.63, 3.8) is 0 Å². The van der Waals surface area contributed by atoms with E-state index in [1.165, 1.54) is 0 Å². The van der Waals surface area contributed by atoms with Gasteiger partial charge in [-0.3, -0.25) is 4.79 Å². The van der Waals surface area contributed by atoms with Crippen molar-refractivity contribution in [3.05, 3.63) is 17.7 Å². The van der Waals surface area contributed by atoms with E-state index in [4.69, 9.17) is 0 Å². The highest BCUT2D eigenvalue weighted by Gasteiger charge is 2.19. The third kappa shape index (κ3) is 1.50. The molecule has 0 unspecified atom stereocenters. The summed E-state index contributed by atoms with van der Waals surface area (Å²) in [5.41, 5.74) is 1.54. The lowest BCUT2D eigenvalue weighted by Crippen LogP contribution is -2.09. The number of carbonyl (C=O) groups excluding carboxylic acids is 1. The highest BCUT2D eigenvalue weighted by molar-refractivity contribution is 5.98. The summed E-state index contributed by atoms with van der Waals surface area (Å²) < 4.78 is 0. The maximum absolute atomic E-state index is 11.0. The summed E-state index contributed by atoms with van der Waals surface area (Å²) in [7, 11) is 1.83. The predicted molar refractivity (Wildman–Crippen MR) is 47.1 cm³/mol. The Hall–Kier alpha value is -1.49. The number of aromatic nitrogens is 2. The van der Waals surface area contributed by atoms with Crippen molar-refractivity contribution < 1.29 is 4.79 Å². The molecule has 2 rings (SSSR count). The molecule has 5 nitrogen and oxygen atoms in total. The van der Waals surface area contributed by atoms with Gasteiger partial charge in [0.25, 0.3) is 0 Å². The van der Waals surface area contributed by atoms with E-state index in [1.807, 2.05) is 7.05 Å². The van der Waals surface area contributed by atoms with E-state index < -0.39 is 0 Å². The van der Waals surface area contributed by atoms with Crippen LogP contribution in [0.2, 0.25) is 0 Å². The van der Waals surface area contributed by atoms with Crippen LogP contribution in [0.1, 0.15) is 11.5 Å². The van der Waals surface area contributed by atoms with Gasteiger partial charge < -0.3 is 10.6 Å². The first-order valence-corrected chi connectivity index (χ1v) is 4.09. The van der Waals surface area contributed by atoms with E-state index >= 15 is 0 Å². The minimum Gasteiger partial charge on any atom is -0.323 e. The Balaban J connectivity index is 2.29. The minimum atomic E-state index is -0.00842. The van der Waals surface area contributed by atoms with Crippen molar-refractivity contribution in [2.24, 2.45) is 0 Å². The van der Waals surface area contributed by atoms with Crippen LogP contribution >= 0.6 is 0 Å². The van der Waals surface area contributed by atoms with E-state index in [0.29, 0.717) is 13.0 Å². The molecule has 1 aliphatic heterocycles. The first-order chi connectivity index (χ1) is 6.29. The van der Waals surface area contributed by atoms with E-state index in [9.17, 15) is 4.79 Å². The molecule has 0 saturated heterocycles. The van der Waals surface area contributed by atoms with Crippen LogP contribution in [0.5, 0.6) is 0 Å². The van der Waals surface area contributed by atoms with E-state index in [0.717, 1.165) is 17.2 Å². The van der Waals surface area contributed by atoms with Crippen molar-refractivity contribution in [2.75, 3.05) is 12.4 Å². The highest BCUT2D eigenvalue weighted by atomic mass is 16.1. The van der Waals surface area contributed by atoms with Gasteiger partial charge in [0.2, 0.25) is 5.91 Å². The molecule has 13 heavy (non-hydrogen) atoms. The van der Waals surface area contributed by atoms with Gasteiger partial charge in [0.1, 0.15) is 5.82 Å². The maximum atomic E-state index is 11.0. The molecule has 0 fully saturated rings. The van der Waals surface area contributed by atoms with Gasteiger partial charge >= 0.3 is 0 Å². The third-order valence-electron chi connectivity index (χ3n) is 1.85. The normalized spacial score (nSPS) is 14.1. The first-order valence-electron chi connectivity index (χ1n) is 4.09. The van der Waals surface area contributed by atoms with E-state index in [1.54, 1.807) is 6.20 Å². The summed E-state index contributed by atoms with van der Waals surface area (Å²) in [6.07, 6.45) is 2.02. The zero-order valence-corrected chi connectivity index (χ0v) is 7.29. The molecule has 2 N–H and O–H groups in total. The fourth-order valence-electron chi connectivity index (χ4n) is 1.29. The lowest BCUT2D eigenvalue weighted by atomic mass is 10.3.